The first kappa shape index (κ1) is 25.1. The van der Waals surface area contributed by atoms with Gasteiger partial charge in [-0.25, -0.2) is 8.78 Å². The minimum absolute atomic E-state index is 0.00950. The van der Waals surface area contributed by atoms with E-state index in [-0.39, 0.29) is 34.2 Å². The van der Waals surface area contributed by atoms with Crippen molar-refractivity contribution in [3.8, 4) is 17.3 Å². The van der Waals surface area contributed by atoms with Crippen LogP contribution in [0.4, 0.5) is 14.6 Å². The Labute approximate surface area is 229 Å². The Kier molecular flexibility index (Phi) is 6.03. The van der Waals surface area contributed by atoms with E-state index in [2.05, 4.69) is 25.2 Å². The largest absolute Gasteiger partial charge is 0.481 e. The molecule has 8 nitrogen and oxygen atoms in total. The summed E-state index contributed by atoms with van der Waals surface area (Å²) in [5.41, 5.74) is 0.300. The number of pyridine rings is 1. The molecule has 2 saturated heterocycles. The second-order valence-electron chi connectivity index (χ2n) is 11.2. The maximum absolute atomic E-state index is 16.3. The van der Waals surface area contributed by atoms with E-state index in [9.17, 15) is 14.3 Å². The fourth-order valence-corrected chi connectivity index (χ4v) is 6.68. The smallest absolute Gasteiger partial charge is 0.319 e. The molecule has 0 unspecified atom stereocenters. The second-order valence-corrected chi connectivity index (χ2v) is 11.2. The number of hydrogen-bond acceptors (Lipinski definition) is 7. The van der Waals surface area contributed by atoms with E-state index in [4.69, 9.17) is 4.74 Å². The van der Waals surface area contributed by atoms with Crippen LogP contribution in [0.5, 0.6) is 6.01 Å². The third-order valence-electron chi connectivity index (χ3n) is 8.88. The Morgan fingerprint density at radius 2 is 1.85 bits per heavy atom. The molecule has 7 rings (SSSR count). The number of anilines is 1. The Balaban J connectivity index is 1.30. The van der Waals surface area contributed by atoms with Crippen molar-refractivity contribution < 1.29 is 23.4 Å². The van der Waals surface area contributed by atoms with Crippen LogP contribution in [0.2, 0.25) is 0 Å². The van der Waals surface area contributed by atoms with E-state index < -0.39 is 23.5 Å². The number of carbonyl (C=O) groups is 1. The van der Waals surface area contributed by atoms with Gasteiger partial charge in [-0.3, -0.25) is 14.7 Å². The molecule has 2 aromatic carbocycles. The third kappa shape index (κ3) is 4.13. The van der Waals surface area contributed by atoms with Gasteiger partial charge in [-0.2, -0.15) is 9.97 Å². The zero-order valence-electron chi connectivity index (χ0n) is 21.9. The molecule has 4 heterocycles. The van der Waals surface area contributed by atoms with Crippen molar-refractivity contribution in [3.63, 3.8) is 0 Å². The van der Waals surface area contributed by atoms with Crippen LogP contribution >= 0.6 is 0 Å². The summed E-state index contributed by atoms with van der Waals surface area (Å²) in [7, 11) is 0. The summed E-state index contributed by atoms with van der Waals surface area (Å²) in [6.45, 7) is 2.51. The number of ether oxygens (including phenoxy) is 1. The highest BCUT2D eigenvalue weighted by Crippen LogP contribution is 2.40. The Bertz CT molecular complexity index is 1630. The summed E-state index contributed by atoms with van der Waals surface area (Å²) in [6, 6.07) is 9.83. The van der Waals surface area contributed by atoms with Gasteiger partial charge in [0.15, 0.2) is 5.82 Å². The summed E-state index contributed by atoms with van der Waals surface area (Å²) in [5.74, 6) is -2.05. The molecule has 3 fully saturated rings. The van der Waals surface area contributed by atoms with Gasteiger partial charge < -0.3 is 15.2 Å². The number of hydrogen-bond donors (Lipinski definition) is 2. The number of rotatable bonds is 7. The van der Waals surface area contributed by atoms with Gasteiger partial charge >= 0.3 is 12.0 Å². The lowest BCUT2D eigenvalue weighted by Gasteiger charge is -2.33. The highest BCUT2D eigenvalue weighted by molar-refractivity contribution is 5.99. The van der Waals surface area contributed by atoms with Crippen LogP contribution in [0.3, 0.4) is 0 Å². The van der Waals surface area contributed by atoms with Crippen LogP contribution < -0.4 is 10.1 Å². The predicted molar refractivity (Wildman–Crippen MR) is 146 cm³/mol. The first-order valence-corrected chi connectivity index (χ1v) is 13.8. The third-order valence-corrected chi connectivity index (χ3v) is 8.88. The normalized spacial score (nSPS) is 21.9. The highest BCUT2D eigenvalue weighted by atomic mass is 19.1. The number of fused-ring (bicyclic) bond motifs is 3. The topological polar surface area (TPSA) is 100 Å². The molecule has 10 heteroatoms. The average Bonchev–Trinajstić information content (AvgIpc) is 3.50. The second kappa shape index (κ2) is 9.62. The molecule has 0 radical (unpaired) electrons. The number of aliphatic carboxylic acids is 1. The lowest BCUT2D eigenvalue weighted by atomic mass is 9.80. The van der Waals surface area contributed by atoms with Gasteiger partial charge in [-0.1, -0.05) is 30.3 Å². The molecule has 206 valence electrons. The van der Waals surface area contributed by atoms with Crippen molar-refractivity contribution in [2.24, 2.45) is 5.92 Å². The van der Waals surface area contributed by atoms with Crippen molar-refractivity contribution >= 4 is 33.5 Å². The van der Waals surface area contributed by atoms with Crippen molar-refractivity contribution in [1.82, 2.24) is 19.9 Å². The summed E-state index contributed by atoms with van der Waals surface area (Å²) in [6.07, 6.45) is 6.69. The molecule has 0 atom stereocenters. The number of halogens is 2. The van der Waals surface area contributed by atoms with E-state index >= 15 is 4.39 Å². The minimum Gasteiger partial charge on any atom is -0.481 e. The Morgan fingerprint density at radius 3 is 2.60 bits per heavy atom. The van der Waals surface area contributed by atoms with Crippen LogP contribution in [0.15, 0.2) is 42.6 Å². The molecule has 0 amide bonds. The molecule has 0 spiro atoms. The number of nitrogens with one attached hydrogen (secondary N) is 1. The van der Waals surface area contributed by atoms with Gasteiger partial charge in [0.2, 0.25) is 0 Å². The van der Waals surface area contributed by atoms with Gasteiger partial charge in [0.1, 0.15) is 29.5 Å². The standard InChI is InChI=1S/C30H29F2N5O3/c31-22-8-2-6-17-5-1-7-20(23(17)22)25-24(32)26-21(15-33-25)27(34-19-13-18(14-19)28(38)39)36-29(35-26)40-16-30-9-3-11-37(30)12-4-10-30/h1-2,5-8,15,18-19H,3-4,9-14,16H2,(H,38,39)(H,34,35,36)/t18-,19-. The van der Waals surface area contributed by atoms with E-state index in [0.717, 1.165) is 38.8 Å². The molecular formula is C30H29F2N5O3. The highest BCUT2D eigenvalue weighted by Gasteiger charge is 2.45. The van der Waals surface area contributed by atoms with Gasteiger partial charge in [0.05, 0.1) is 16.8 Å². The van der Waals surface area contributed by atoms with Crippen LogP contribution in [-0.4, -0.2) is 62.2 Å². The maximum atomic E-state index is 16.3. The van der Waals surface area contributed by atoms with Gasteiger partial charge in [0.25, 0.3) is 0 Å². The van der Waals surface area contributed by atoms with E-state index in [1.54, 1.807) is 30.3 Å². The van der Waals surface area contributed by atoms with Crippen LogP contribution in [-0.2, 0) is 4.79 Å². The summed E-state index contributed by atoms with van der Waals surface area (Å²) in [5, 5.41) is 13.8. The fraction of sp³-hybridized carbons (Fsp3) is 0.400. The summed E-state index contributed by atoms with van der Waals surface area (Å²) >= 11 is 0. The van der Waals surface area contributed by atoms with Crippen LogP contribution in [0.1, 0.15) is 38.5 Å². The van der Waals surface area contributed by atoms with E-state index in [1.807, 2.05) is 0 Å². The average molecular weight is 546 g/mol. The molecule has 2 aliphatic heterocycles. The molecule has 2 N–H and O–H groups in total. The van der Waals surface area contributed by atoms with E-state index in [1.165, 1.54) is 12.3 Å². The molecule has 0 bridgehead atoms. The van der Waals surface area contributed by atoms with Gasteiger partial charge in [0, 0.05) is 23.2 Å². The molecule has 1 saturated carbocycles. The molecule has 4 aromatic rings. The lowest BCUT2D eigenvalue weighted by Crippen LogP contribution is -2.43. The Hall–Kier alpha value is -3.92. The van der Waals surface area contributed by atoms with Gasteiger partial charge in [-0.05, 0) is 63.1 Å². The first-order valence-electron chi connectivity index (χ1n) is 13.8. The van der Waals surface area contributed by atoms with Gasteiger partial charge in [-0.15, -0.1) is 0 Å². The molecule has 3 aliphatic rings. The zero-order chi connectivity index (χ0) is 27.4. The molecule has 2 aromatic heterocycles. The molecule has 1 aliphatic carbocycles. The van der Waals surface area contributed by atoms with Crippen molar-refractivity contribution in [3.05, 3.63) is 54.2 Å². The number of carboxylic acids is 1. The van der Waals surface area contributed by atoms with E-state index in [0.29, 0.717) is 41.6 Å². The van der Waals surface area contributed by atoms with Crippen molar-refractivity contribution in [1.29, 1.82) is 0 Å². The lowest BCUT2D eigenvalue weighted by molar-refractivity contribution is -0.144. The molecule has 40 heavy (non-hydrogen) atoms. The maximum Gasteiger partial charge on any atom is 0.319 e. The zero-order valence-corrected chi connectivity index (χ0v) is 21.9. The van der Waals surface area contributed by atoms with Crippen LogP contribution in [0.25, 0.3) is 32.9 Å². The summed E-state index contributed by atoms with van der Waals surface area (Å²) < 4.78 is 37.4. The first-order chi connectivity index (χ1) is 19.4. The fourth-order valence-electron chi connectivity index (χ4n) is 6.68. The minimum atomic E-state index is -0.828. The summed E-state index contributed by atoms with van der Waals surface area (Å²) in [4.78, 5) is 27.3. The monoisotopic (exact) mass is 545 g/mol. The number of nitrogens with zero attached hydrogens (tertiary/aromatic N) is 4. The van der Waals surface area contributed by atoms with Crippen molar-refractivity contribution in [2.45, 2.75) is 50.1 Å². The number of carboxylic acid groups (broad SMARTS) is 1. The molecular weight excluding hydrogens is 516 g/mol. The predicted octanol–water partition coefficient (Wildman–Crippen LogP) is 5.41. The quantitative estimate of drug-likeness (QED) is 0.318. The number of benzene rings is 2. The SMILES string of the molecule is O=C(O)[C@H]1C[C@H](Nc2nc(OCC34CCCN3CCC4)nc3c(F)c(-c4cccc5cccc(F)c45)ncc23)C1. The number of aromatic nitrogens is 3. The van der Waals surface area contributed by atoms with Crippen LogP contribution in [0, 0.1) is 17.6 Å². The van der Waals surface area contributed by atoms with Crippen molar-refractivity contribution in [2.75, 3.05) is 25.0 Å². The Morgan fingerprint density at radius 1 is 1.10 bits per heavy atom.